The molecule has 5 heteroatoms. The normalized spacial score (nSPS) is 13.0. The molecule has 0 aromatic heterocycles. The first kappa shape index (κ1) is 42.4. The molecule has 1 rings (SSSR count). The van der Waals surface area contributed by atoms with Gasteiger partial charge in [-0.25, -0.2) is 0 Å². The summed E-state index contributed by atoms with van der Waals surface area (Å²) in [5, 5.41) is 0. The summed E-state index contributed by atoms with van der Waals surface area (Å²) in [6.45, 7) is 12.3. The van der Waals surface area contributed by atoms with Gasteiger partial charge in [0.05, 0.1) is 0 Å². The summed E-state index contributed by atoms with van der Waals surface area (Å²) < 4.78 is 19.3. The second kappa shape index (κ2) is 27.3. The maximum atomic E-state index is 12.4. The van der Waals surface area contributed by atoms with Crippen LogP contribution < -0.4 is 4.52 Å². The first-order valence-electron chi connectivity index (χ1n) is 19.6. The minimum absolute atomic E-state index is 0.441. The molecule has 0 radical (unpaired) electrons. The maximum absolute atomic E-state index is 12.4. The van der Waals surface area contributed by atoms with Crippen molar-refractivity contribution in [2.75, 3.05) is 19.4 Å². The van der Waals surface area contributed by atoms with Gasteiger partial charge in [-0.15, -0.1) is 0 Å². The number of hydrogen-bond donors (Lipinski definition) is 1. The first-order valence-corrected chi connectivity index (χ1v) is 21.7. The van der Waals surface area contributed by atoms with Crippen molar-refractivity contribution in [2.24, 2.45) is 11.8 Å². The van der Waals surface area contributed by atoms with Gasteiger partial charge in [-0.3, -0.25) is 0 Å². The Balaban J connectivity index is 2.55. The fraction of sp³-hybridized carbons (Fsp3) is 0.850. The van der Waals surface area contributed by atoms with Crippen molar-refractivity contribution in [3.05, 3.63) is 30.3 Å². The van der Waals surface area contributed by atoms with E-state index in [9.17, 15) is 4.89 Å². The molecule has 266 valence electrons. The number of unbranched alkanes of at least 4 members (excludes halogenated alkanes) is 19. The van der Waals surface area contributed by atoms with E-state index in [-0.39, 0.29) is 0 Å². The molecule has 0 spiro atoms. The number of rotatable bonds is 33. The van der Waals surface area contributed by atoms with Crippen LogP contribution in [0.15, 0.2) is 30.3 Å². The Hall–Kier alpha value is -0.670. The van der Waals surface area contributed by atoms with Crippen LogP contribution in [0.25, 0.3) is 0 Å². The summed E-state index contributed by atoms with van der Waals surface area (Å²) >= 11 is 0. The van der Waals surface area contributed by atoms with Crippen molar-refractivity contribution in [1.82, 2.24) is 0 Å². The van der Waals surface area contributed by atoms with E-state index in [2.05, 4.69) is 34.6 Å². The summed E-state index contributed by atoms with van der Waals surface area (Å²) in [7, 11) is -4.31. The molecule has 1 aromatic carbocycles. The molecule has 0 unspecified atom stereocenters. The van der Waals surface area contributed by atoms with E-state index >= 15 is 0 Å². The Kier molecular flexibility index (Phi) is 25.7. The molecule has 0 bridgehead atoms. The minimum atomic E-state index is -4.31. The van der Waals surface area contributed by atoms with Crippen molar-refractivity contribution in [2.45, 2.75) is 189 Å². The van der Waals surface area contributed by atoms with E-state index in [1.165, 1.54) is 116 Å². The van der Waals surface area contributed by atoms with Crippen molar-refractivity contribution < 1.29 is 18.5 Å². The van der Waals surface area contributed by atoms with Crippen LogP contribution in [-0.4, -0.2) is 24.3 Å². The standard InChI is InChI=1S/C40H77O4P/c1-6-7-8-9-10-11-12-13-14-15-16-17-18-19-20-30-37-45(41,44-40-33-26-21-27-34-40,42-35-28-22-24-31-38(2)3)43-36-29-23-25-32-39(4)5/h21,26-27,33-34,38-39,41H,6-20,22-25,28-32,35-37H2,1-5H3. The summed E-state index contributed by atoms with van der Waals surface area (Å²) in [5.74, 6) is 2.07. The van der Waals surface area contributed by atoms with Crippen LogP contribution in [0.2, 0.25) is 0 Å². The van der Waals surface area contributed by atoms with Gasteiger partial charge in [0.15, 0.2) is 0 Å². The molecule has 0 amide bonds. The molecule has 1 aromatic rings. The Morgan fingerprint density at radius 2 is 0.889 bits per heavy atom. The van der Waals surface area contributed by atoms with E-state index in [1.807, 2.05) is 30.3 Å². The molecule has 0 fully saturated rings. The van der Waals surface area contributed by atoms with Crippen molar-refractivity contribution in [1.29, 1.82) is 0 Å². The van der Waals surface area contributed by atoms with Gasteiger partial charge in [-0.2, -0.15) is 0 Å². The predicted molar refractivity (Wildman–Crippen MR) is 199 cm³/mol. The quantitative estimate of drug-likeness (QED) is 0.0606. The van der Waals surface area contributed by atoms with Crippen LogP contribution in [0.5, 0.6) is 5.75 Å². The van der Waals surface area contributed by atoms with Gasteiger partial charge in [0.1, 0.15) is 0 Å². The fourth-order valence-corrected chi connectivity index (χ4v) is 8.83. The molecule has 0 saturated carbocycles. The second-order valence-corrected chi connectivity index (χ2v) is 17.7. The molecule has 4 nitrogen and oxygen atoms in total. The molecule has 0 aliphatic heterocycles. The number of benzene rings is 1. The predicted octanol–water partition coefficient (Wildman–Crippen LogP) is 14.0. The van der Waals surface area contributed by atoms with Gasteiger partial charge >= 0.3 is 243 Å². The third kappa shape index (κ3) is 24.2. The molecule has 0 aliphatic carbocycles. The molecule has 0 atom stereocenters. The molecule has 0 saturated heterocycles. The molecule has 45 heavy (non-hydrogen) atoms. The van der Waals surface area contributed by atoms with Crippen molar-refractivity contribution in [3.8, 4) is 5.75 Å². The molecule has 0 aliphatic rings. The molecule has 1 N–H and O–H groups in total. The van der Waals surface area contributed by atoms with E-state index in [1.54, 1.807) is 0 Å². The third-order valence-electron chi connectivity index (χ3n) is 8.96. The van der Waals surface area contributed by atoms with Crippen LogP contribution in [0, 0.1) is 11.8 Å². The van der Waals surface area contributed by atoms with Crippen molar-refractivity contribution >= 4 is 7.51 Å². The molecular weight excluding hydrogens is 575 g/mol. The average Bonchev–Trinajstić information content (AvgIpc) is 3.01. The fourth-order valence-electron chi connectivity index (χ4n) is 6.03. The summed E-state index contributed by atoms with van der Waals surface area (Å²) in [4.78, 5) is 12.4. The van der Waals surface area contributed by atoms with Crippen LogP contribution in [0.1, 0.15) is 189 Å². The topological polar surface area (TPSA) is 47.9 Å². The Bertz CT molecular complexity index is 749. The van der Waals surface area contributed by atoms with Crippen LogP contribution in [0.3, 0.4) is 0 Å². The summed E-state index contributed by atoms with van der Waals surface area (Å²) in [6, 6.07) is 9.68. The first-order chi connectivity index (χ1) is 21.8. The van der Waals surface area contributed by atoms with E-state index in [0.717, 1.165) is 50.4 Å². The Morgan fingerprint density at radius 3 is 1.29 bits per heavy atom. The summed E-state index contributed by atoms with van der Waals surface area (Å²) in [6.07, 6.45) is 30.5. The number of para-hydroxylation sites is 1. The van der Waals surface area contributed by atoms with E-state index in [4.69, 9.17) is 13.6 Å². The zero-order chi connectivity index (χ0) is 32.9. The monoisotopic (exact) mass is 653 g/mol. The van der Waals surface area contributed by atoms with E-state index < -0.39 is 7.51 Å². The van der Waals surface area contributed by atoms with Crippen LogP contribution >= 0.6 is 7.51 Å². The second-order valence-electron chi connectivity index (χ2n) is 14.6. The van der Waals surface area contributed by atoms with Gasteiger partial charge in [-0.05, 0) is 0 Å². The molecular formula is C40H77O4P. The Labute approximate surface area is 281 Å². The number of hydrogen-bond acceptors (Lipinski definition) is 4. The van der Waals surface area contributed by atoms with Gasteiger partial charge in [0.2, 0.25) is 0 Å². The van der Waals surface area contributed by atoms with Crippen LogP contribution in [0.4, 0.5) is 0 Å². The van der Waals surface area contributed by atoms with Crippen molar-refractivity contribution in [3.63, 3.8) is 0 Å². The van der Waals surface area contributed by atoms with Gasteiger partial charge in [0.25, 0.3) is 0 Å². The van der Waals surface area contributed by atoms with Gasteiger partial charge < -0.3 is 0 Å². The third-order valence-corrected chi connectivity index (χ3v) is 12.0. The van der Waals surface area contributed by atoms with Gasteiger partial charge in [-0.1, -0.05) is 39.0 Å². The zero-order valence-electron chi connectivity index (χ0n) is 30.8. The average molecular weight is 653 g/mol. The summed E-state index contributed by atoms with van der Waals surface area (Å²) in [5.41, 5.74) is 0. The van der Waals surface area contributed by atoms with E-state index in [0.29, 0.717) is 25.1 Å². The zero-order valence-corrected chi connectivity index (χ0v) is 31.6. The Morgan fingerprint density at radius 1 is 0.511 bits per heavy atom. The van der Waals surface area contributed by atoms with Gasteiger partial charge in [0, 0.05) is 0 Å². The SMILES string of the molecule is CCCCCCCCCCCCCCCCCCP(O)(OCCCCCC(C)C)(OCCCCCC(C)C)Oc1ccccc1. The molecule has 0 heterocycles. The van der Waals surface area contributed by atoms with Crippen LogP contribution in [-0.2, 0) is 9.05 Å².